The number of benzene rings is 1. The maximum atomic E-state index is 4.20. The quantitative estimate of drug-likeness (QED) is 0.866. The highest BCUT2D eigenvalue weighted by Gasteiger charge is 2.36. The third kappa shape index (κ3) is 2.50. The van der Waals surface area contributed by atoms with E-state index in [0.717, 1.165) is 5.92 Å². The number of likely N-dealkylation sites (N-methyl/N-ethyl adjacent to an activating group) is 1. The first kappa shape index (κ1) is 13.8. The Morgan fingerprint density at radius 2 is 1.82 bits per heavy atom. The number of nitrogens with zero attached hydrogens (tertiary/aromatic N) is 3. The molecule has 0 saturated carbocycles. The first-order valence-corrected chi connectivity index (χ1v) is 8.27. The van der Waals surface area contributed by atoms with E-state index >= 15 is 0 Å². The van der Waals surface area contributed by atoms with E-state index in [9.17, 15) is 0 Å². The summed E-state index contributed by atoms with van der Waals surface area (Å²) in [5.74, 6) is 0.869. The third-order valence-electron chi connectivity index (χ3n) is 5.39. The molecule has 1 atom stereocenters. The van der Waals surface area contributed by atoms with Crippen LogP contribution in [-0.4, -0.2) is 42.6 Å². The van der Waals surface area contributed by atoms with Gasteiger partial charge in [0.05, 0.1) is 0 Å². The number of rotatable bonds is 3. The van der Waals surface area contributed by atoms with Crippen molar-refractivity contribution in [2.45, 2.75) is 18.9 Å². The van der Waals surface area contributed by atoms with Crippen LogP contribution in [0.4, 0.5) is 5.69 Å². The van der Waals surface area contributed by atoms with E-state index in [1.165, 1.54) is 49.3 Å². The molecule has 1 unspecified atom stereocenters. The summed E-state index contributed by atoms with van der Waals surface area (Å²) in [6.45, 7) is 3.83. The maximum absolute atomic E-state index is 4.20. The van der Waals surface area contributed by atoms with Crippen molar-refractivity contribution in [3.63, 3.8) is 0 Å². The van der Waals surface area contributed by atoms with Gasteiger partial charge in [0.1, 0.15) is 0 Å². The van der Waals surface area contributed by atoms with Crippen LogP contribution in [0, 0.1) is 5.92 Å². The molecule has 114 valence electrons. The zero-order chi connectivity index (χ0) is 14.9. The van der Waals surface area contributed by atoms with Gasteiger partial charge in [-0.1, -0.05) is 18.2 Å². The van der Waals surface area contributed by atoms with Gasteiger partial charge in [0.25, 0.3) is 0 Å². The van der Waals surface area contributed by atoms with Crippen molar-refractivity contribution in [1.29, 1.82) is 0 Å². The first-order chi connectivity index (χ1) is 10.8. The molecule has 4 heterocycles. The summed E-state index contributed by atoms with van der Waals surface area (Å²) >= 11 is 0. The van der Waals surface area contributed by atoms with Crippen molar-refractivity contribution in [1.82, 2.24) is 9.88 Å². The van der Waals surface area contributed by atoms with E-state index in [4.69, 9.17) is 0 Å². The summed E-state index contributed by atoms with van der Waals surface area (Å²) < 4.78 is 0. The van der Waals surface area contributed by atoms with Crippen LogP contribution in [0.5, 0.6) is 0 Å². The summed E-state index contributed by atoms with van der Waals surface area (Å²) in [5, 5.41) is 0. The molecule has 0 amide bonds. The molecule has 5 rings (SSSR count). The lowest BCUT2D eigenvalue weighted by Gasteiger charge is -2.48. The lowest BCUT2D eigenvalue weighted by molar-refractivity contribution is 0.0874. The van der Waals surface area contributed by atoms with Gasteiger partial charge in [-0.05, 0) is 61.2 Å². The molecule has 3 fully saturated rings. The second kappa shape index (κ2) is 5.73. The number of hydrogen-bond donors (Lipinski definition) is 0. The Labute approximate surface area is 132 Å². The Bertz CT molecular complexity index is 615. The summed E-state index contributed by atoms with van der Waals surface area (Å²) in [6, 6.07) is 13.7. The molecule has 0 aliphatic carbocycles. The van der Waals surface area contributed by atoms with E-state index in [2.05, 4.69) is 52.2 Å². The van der Waals surface area contributed by atoms with Gasteiger partial charge in [-0.3, -0.25) is 4.98 Å². The van der Waals surface area contributed by atoms with Gasteiger partial charge in [-0.15, -0.1) is 0 Å². The van der Waals surface area contributed by atoms with Crippen LogP contribution < -0.4 is 4.90 Å². The molecule has 2 aromatic rings. The number of piperidine rings is 3. The fraction of sp³-hybridized carbons (Fsp3) is 0.421. The second-order valence-electron chi connectivity index (χ2n) is 6.60. The van der Waals surface area contributed by atoms with E-state index < -0.39 is 0 Å². The van der Waals surface area contributed by atoms with Gasteiger partial charge in [0.2, 0.25) is 0 Å². The van der Waals surface area contributed by atoms with Crippen LogP contribution in [0.1, 0.15) is 12.8 Å². The van der Waals surface area contributed by atoms with Crippen LogP contribution in [0.15, 0.2) is 48.8 Å². The summed E-state index contributed by atoms with van der Waals surface area (Å²) in [4.78, 5) is 9.31. The van der Waals surface area contributed by atoms with Crippen molar-refractivity contribution in [2.75, 3.05) is 31.6 Å². The van der Waals surface area contributed by atoms with Gasteiger partial charge in [0, 0.05) is 37.7 Å². The standard InChI is InChI=1S/C19H23N3/c1-21(19-14-22-11-8-16(19)9-12-22)18-6-4-15(5-7-18)17-3-2-10-20-13-17/h2-7,10,13,16,19H,8-9,11-12,14H2,1H3. The Kier molecular flexibility index (Phi) is 3.59. The van der Waals surface area contributed by atoms with Crippen LogP contribution >= 0.6 is 0 Å². The summed E-state index contributed by atoms with van der Waals surface area (Å²) in [5.41, 5.74) is 3.74. The molecule has 3 saturated heterocycles. The number of fused-ring (bicyclic) bond motifs is 3. The lowest BCUT2D eigenvalue weighted by Crippen LogP contribution is -2.56. The number of pyridine rings is 1. The molecule has 1 aromatic heterocycles. The Morgan fingerprint density at radius 1 is 1.05 bits per heavy atom. The molecule has 0 N–H and O–H groups in total. The highest BCUT2D eigenvalue weighted by Crippen LogP contribution is 2.33. The van der Waals surface area contributed by atoms with Crippen molar-refractivity contribution in [2.24, 2.45) is 5.92 Å². The monoisotopic (exact) mass is 293 g/mol. The van der Waals surface area contributed by atoms with Crippen molar-refractivity contribution in [3.8, 4) is 11.1 Å². The van der Waals surface area contributed by atoms with E-state index in [1.54, 1.807) is 0 Å². The van der Waals surface area contributed by atoms with Crippen molar-refractivity contribution >= 4 is 5.69 Å². The van der Waals surface area contributed by atoms with E-state index in [1.807, 2.05) is 18.5 Å². The van der Waals surface area contributed by atoms with Gasteiger partial charge in [0.15, 0.2) is 0 Å². The lowest BCUT2D eigenvalue weighted by atomic mass is 9.83. The predicted molar refractivity (Wildman–Crippen MR) is 91.0 cm³/mol. The summed E-state index contributed by atoms with van der Waals surface area (Å²) in [7, 11) is 2.26. The number of anilines is 1. The van der Waals surface area contributed by atoms with Crippen molar-refractivity contribution < 1.29 is 0 Å². The largest absolute Gasteiger partial charge is 0.370 e. The van der Waals surface area contributed by atoms with Gasteiger partial charge < -0.3 is 9.80 Å². The van der Waals surface area contributed by atoms with Gasteiger partial charge in [-0.2, -0.15) is 0 Å². The first-order valence-electron chi connectivity index (χ1n) is 8.27. The Hall–Kier alpha value is -1.87. The SMILES string of the molecule is CN(c1ccc(-c2cccnc2)cc1)C1CN2CCC1CC2. The molecule has 3 aliphatic heterocycles. The van der Waals surface area contributed by atoms with Gasteiger partial charge >= 0.3 is 0 Å². The molecule has 0 radical (unpaired) electrons. The van der Waals surface area contributed by atoms with Crippen LogP contribution in [0.2, 0.25) is 0 Å². The molecule has 3 nitrogen and oxygen atoms in total. The second-order valence-corrected chi connectivity index (χ2v) is 6.60. The average Bonchev–Trinajstić information content (AvgIpc) is 2.63. The highest BCUT2D eigenvalue weighted by atomic mass is 15.2. The molecule has 22 heavy (non-hydrogen) atoms. The molecular weight excluding hydrogens is 270 g/mol. The molecule has 3 heteroatoms. The molecule has 1 aromatic carbocycles. The highest BCUT2D eigenvalue weighted by molar-refractivity contribution is 5.65. The Morgan fingerprint density at radius 3 is 2.41 bits per heavy atom. The van der Waals surface area contributed by atoms with Gasteiger partial charge in [-0.25, -0.2) is 0 Å². The average molecular weight is 293 g/mol. The predicted octanol–water partition coefficient (Wildman–Crippen LogP) is 3.28. The smallest absolute Gasteiger partial charge is 0.0442 e. The molecular formula is C19H23N3. The zero-order valence-electron chi connectivity index (χ0n) is 13.2. The van der Waals surface area contributed by atoms with Crippen molar-refractivity contribution in [3.05, 3.63) is 48.8 Å². The maximum Gasteiger partial charge on any atom is 0.0442 e. The fourth-order valence-electron chi connectivity index (χ4n) is 3.99. The minimum atomic E-state index is 0.673. The molecule has 0 spiro atoms. The van der Waals surface area contributed by atoms with Crippen LogP contribution in [0.3, 0.4) is 0 Å². The number of hydrogen-bond acceptors (Lipinski definition) is 3. The topological polar surface area (TPSA) is 19.4 Å². The van der Waals surface area contributed by atoms with E-state index in [-0.39, 0.29) is 0 Å². The zero-order valence-corrected chi connectivity index (χ0v) is 13.2. The van der Waals surface area contributed by atoms with Crippen LogP contribution in [-0.2, 0) is 0 Å². The Balaban J connectivity index is 1.53. The molecule has 2 bridgehead atoms. The number of aromatic nitrogens is 1. The van der Waals surface area contributed by atoms with E-state index in [0.29, 0.717) is 6.04 Å². The third-order valence-corrected chi connectivity index (χ3v) is 5.39. The minimum Gasteiger partial charge on any atom is -0.370 e. The fourth-order valence-corrected chi connectivity index (χ4v) is 3.99. The molecule has 3 aliphatic rings. The summed E-state index contributed by atoms with van der Waals surface area (Å²) in [6.07, 6.45) is 6.47. The van der Waals surface area contributed by atoms with Crippen LogP contribution in [0.25, 0.3) is 11.1 Å². The minimum absolute atomic E-state index is 0.673. The normalized spacial score (nSPS) is 26.9.